The van der Waals surface area contributed by atoms with E-state index in [0.717, 1.165) is 50.2 Å². The van der Waals surface area contributed by atoms with Crippen LogP contribution in [0.2, 0.25) is 0 Å². The maximum Gasteiger partial charge on any atom is 0.137 e. The van der Waals surface area contributed by atoms with Crippen molar-refractivity contribution in [1.82, 2.24) is 4.57 Å². The lowest BCUT2D eigenvalue weighted by atomic mass is 10.0. The summed E-state index contributed by atoms with van der Waals surface area (Å²) in [5.74, 6) is 0. The smallest absolute Gasteiger partial charge is 0.137 e. The summed E-state index contributed by atoms with van der Waals surface area (Å²) in [5, 5.41) is 7.03. The van der Waals surface area contributed by atoms with E-state index in [1.807, 2.05) is 0 Å². The average molecular weight is 703 g/mol. The quantitative estimate of drug-likeness (QED) is 0.172. The summed E-state index contributed by atoms with van der Waals surface area (Å²) >= 11 is 0. The Morgan fingerprint density at radius 3 is 1.71 bits per heavy atom. The van der Waals surface area contributed by atoms with E-state index in [1.54, 1.807) is 0 Å². The van der Waals surface area contributed by atoms with Gasteiger partial charge < -0.3 is 13.9 Å². The lowest BCUT2D eigenvalue weighted by Crippen LogP contribution is -2.10. The van der Waals surface area contributed by atoms with E-state index in [-0.39, 0.29) is 0 Å². The second kappa shape index (κ2) is 12.6. The molecule has 55 heavy (non-hydrogen) atoms. The minimum Gasteiger partial charge on any atom is -0.456 e. The summed E-state index contributed by atoms with van der Waals surface area (Å²) in [6.45, 7) is 0. The van der Waals surface area contributed by atoms with Gasteiger partial charge in [0.05, 0.1) is 16.7 Å². The molecule has 0 atom stereocenters. The Morgan fingerprint density at radius 2 is 0.964 bits per heavy atom. The van der Waals surface area contributed by atoms with Gasteiger partial charge in [0.15, 0.2) is 0 Å². The molecule has 2 aromatic heterocycles. The fraction of sp³-hybridized carbons (Fsp3) is 0. The second-order valence-corrected chi connectivity index (χ2v) is 14.1. The first kappa shape index (κ1) is 31.2. The van der Waals surface area contributed by atoms with Crippen LogP contribution in [0, 0.1) is 0 Å². The van der Waals surface area contributed by atoms with Crippen molar-refractivity contribution >= 4 is 71.6 Å². The predicted molar refractivity (Wildman–Crippen MR) is 231 cm³/mol. The Bertz CT molecular complexity index is 3170. The minimum absolute atomic E-state index is 0.857. The third-order valence-electron chi connectivity index (χ3n) is 11.0. The molecule has 0 aliphatic heterocycles. The molecule has 0 spiro atoms. The molecule has 3 nitrogen and oxygen atoms in total. The van der Waals surface area contributed by atoms with Crippen LogP contribution in [0.4, 0.5) is 17.1 Å². The zero-order valence-corrected chi connectivity index (χ0v) is 29.9. The maximum absolute atomic E-state index is 6.78. The first-order valence-electron chi connectivity index (χ1n) is 18.8. The molecule has 2 heterocycles. The molecule has 3 heteroatoms. The van der Waals surface area contributed by atoms with Crippen LogP contribution in [0.1, 0.15) is 0 Å². The number of benzene rings is 9. The van der Waals surface area contributed by atoms with Gasteiger partial charge in [0.2, 0.25) is 0 Å². The Morgan fingerprint density at radius 1 is 0.364 bits per heavy atom. The van der Waals surface area contributed by atoms with Crippen molar-refractivity contribution in [2.75, 3.05) is 4.90 Å². The topological polar surface area (TPSA) is 21.3 Å². The summed E-state index contributed by atoms with van der Waals surface area (Å²) in [7, 11) is 0. The summed E-state index contributed by atoms with van der Waals surface area (Å²) < 4.78 is 9.16. The van der Waals surface area contributed by atoms with Crippen molar-refractivity contribution in [3.63, 3.8) is 0 Å². The molecule has 11 aromatic rings. The van der Waals surface area contributed by atoms with Crippen LogP contribution in [0.25, 0.3) is 82.5 Å². The molecule has 0 saturated carbocycles. The summed E-state index contributed by atoms with van der Waals surface area (Å²) in [4.78, 5) is 2.35. The fourth-order valence-corrected chi connectivity index (χ4v) is 8.43. The number of fused-ring (bicyclic) bond motifs is 8. The number of para-hydroxylation sites is 1. The van der Waals surface area contributed by atoms with Crippen molar-refractivity contribution in [3.05, 3.63) is 206 Å². The standard InChI is InChI=1S/C52H34N2O/c1-3-12-35(13-4-1)37-22-26-40(27-23-37)53(46-21-11-17-39-16-7-8-18-43(39)46)42-30-31-45-50(34-42)55-49-33-32-48-51(52(45)49)44-19-9-10-20-47(44)54(48)41-28-24-38(25-29-41)36-14-5-2-6-15-36/h1-34H. The van der Waals surface area contributed by atoms with E-state index in [2.05, 4.69) is 216 Å². The van der Waals surface area contributed by atoms with Crippen molar-refractivity contribution in [2.24, 2.45) is 0 Å². The number of aromatic nitrogens is 1. The van der Waals surface area contributed by atoms with Gasteiger partial charge in [-0.3, -0.25) is 0 Å². The molecule has 11 rings (SSSR count). The molecule has 0 unspecified atom stereocenters. The highest BCUT2D eigenvalue weighted by molar-refractivity contribution is 6.27. The van der Waals surface area contributed by atoms with Crippen LogP contribution in [-0.2, 0) is 0 Å². The predicted octanol–water partition coefficient (Wildman–Crippen LogP) is 14.6. The van der Waals surface area contributed by atoms with E-state index < -0.39 is 0 Å². The molecule has 258 valence electrons. The lowest BCUT2D eigenvalue weighted by Gasteiger charge is -2.27. The Labute approximate surface area is 318 Å². The van der Waals surface area contributed by atoms with Crippen molar-refractivity contribution in [3.8, 4) is 27.9 Å². The summed E-state index contributed by atoms with van der Waals surface area (Å²) in [6, 6.07) is 73.7. The third kappa shape index (κ3) is 5.13. The Hall–Kier alpha value is -7.36. The first-order chi connectivity index (χ1) is 27.3. The number of hydrogen-bond acceptors (Lipinski definition) is 2. The molecule has 0 N–H and O–H groups in total. The number of rotatable bonds is 6. The maximum atomic E-state index is 6.78. The van der Waals surface area contributed by atoms with E-state index in [9.17, 15) is 0 Å². The number of anilines is 3. The zero-order chi connectivity index (χ0) is 36.3. The molecule has 9 aromatic carbocycles. The SMILES string of the molecule is c1ccc(-c2ccc(N(c3ccc4c(c3)oc3ccc5c(c6ccccc6n5-c5ccc(-c6ccccc6)cc5)c34)c3cccc4ccccc34)cc2)cc1. The highest BCUT2D eigenvalue weighted by atomic mass is 16.3. The average Bonchev–Trinajstić information content (AvgIpc) is 3.80. The van der Waals surface area contributed by atoms with Gasteiger partial charge in [-0.25, -0.2) is 0 Å². The molecular weight excluding hydrogens is 669 g/mol. The lowest BCUT2D eigenvalue weighted by molar-refractivity contribution is 0.669. The van der Waals surface area contributed by atoms with Crippen LogP contribution >= 0.6 is 0 Å². The van der Waals surface area contributed by atoms with Gasteiger partial charge >= 0.3 is 0 Å². The van der Waals surface area contributed by atoms with Gasteiger partial charge in [-0.1, -0.05) is 140 Å². The van der Waals surface area contributed by atoms with Crippen LogP contribution in [-0.4, -0.2) is 4.57 Å². The Balaban J connectivity index is 1.09. The number of nitrogens with zero attached hydrogens (tertiary/aromatic N) is 2. The molecule has 0 aliphatic rings. The van der Waals surface area contributed by atoms with Gasteiger partial charge in [-0.15, -0.1) is 0 Å². The summed E-state index contributed by atoms with van der Waals surface area (Å²) in [6.07, 6.45) is 0. The van der Waals surface area contributed by atoms with Gasteiger partial charge in [0, 0.05) is 50.1 Å². The van der Waals surface area contributed by atoms with E-state index >= 15 is 0 Å². The van der Waals surface area contributed by atoms with Crippen LogP contribution in [0.15, 0.2) is 211 Å². The third-order valence-corrected chi connectivity index (χ3v) is 11.0. The normalized spacial score (nSPS) is 11.6. The first-order valence-corrected chi connectivity index (χ1v) is 18.8. The highest BCUT2D eigenvalue weighted by Gasteiger charge is 2.21. The van der Waals surface area contributed by atoms with E-state index in [4.69, 9.17) is 4.42 Å². The van der Waals surface area contributed by atoms with Crippen molar-refractivity contribution in [1.29, 1.82) is 0 Å². The molecule has 0 amide bonds. The zero-order valence-electron chi connectivity index (χ0n) is 29.9. The molecule has 0 radical (unpaired) electrons. The monoisotopic (exact) mass is 702 g/mol. The van der Waals surface area contributed by atoms with Gasteiger partial charge in [-0.05, 0) is 88.3 Å². The van der Waals surface area contributed by atoms with Crippen LogP contribution in [0.5, 0.6) is 0 Å². The van der Waals surface area contributed by atoms with Gasteiger partial charge in [-0.2, -0.15) is 0 Å². The van der Waals surface area contributed by atoms with E-state index in [1.165, 1.54) is 49.3 Å². The number of hydrogen-bond donors (Lipinski definition) is 0. The molecule has 0 saturated heterocycles. The fourth-order valence-electron chi connectivity index (χ4n) is 8.43. The Kier molecular flexibility index (Phi) is 7.17. The number of furan rings is 1. The van der Waals surface area contributed by atoms with Crippen LogP contribution < -0.4 is 4.90 Å². The molecule has 0 aliphatic carbocycles. The van der Waals surface area contributed by atoms with Gasteiger partial charge in [0.25, 0.3) is 0 Å². The van der Waals surface area contributed by atoms with Gasteiger partial charge in [0.1, 0.15) is 11.2 Å². The molecule has 0 fully saturated rings. The van der Waals surface area contributed by atoms with E-state index in [0.29, 0.717) is 0 Å². The molecular formula is C52H34N2O. The van der Waals surface area contributed by atoms with Crippen molar-refractivity contribution in [2.45, 2.75) is 0 Å². The second-order valence-electron chi connectivity index (χ2n) is 14.1. The summed E-state index contributed by atoms with van der Waals surface area (Å²) in [5.41, 5.74) is 13.2. The highest BCUT2D eigenvalue weighted by Crippen LogP contribution is 2.45. The minimum atomic E-state index is 0.857. The van der Waals surface area contributed by atoms with Crippen LogP contribution in [0.3, 0.4) is 0 Å². The largest absolute Gasteiger partial charge is 0.456 e. The van der Waals surface area contributed by atoms with Crippen molar-refractivity contribution < 1.29 is 4.42 Å². The molecule has 0 bridgehead atoms.